The van der Waals surface area contributed by atoms with Crippen LogP contribution in [0.15, 0.2) is 0 Å². The van der Waals surface area contributed by atoms with Crippen molar-refractivity contribution < 1.29 is 9.53 Å². The van der Waals surface area contributed by atoms with E-state index >= 15 is 0 Å². The van der Waals surface area contributed by atoms with Gasteiger partial charge in [-0.3, -0.25) is 0 Å². The van der Waals surface area contributed by atoms with Gasteiger partial charge in [0.2, 0.25) is 0 Å². The molecule has 0 aliphatic carbocycles. The molecule has 2 aliphatic rings. The van der Waals surface area contributed by atoms with Gasteiger partial charge in [-0.15, -0.1) is 0 Å². The van der Waals surface area contributed by atoms with Crippen LogP contribution in [-0.4, -0.2) is 31.3 Å². The lowest BCUT2D eigenvalue weighted by atomic mass is 10.0. The number of alkyl carbamates (subject to hydrolysis) is 1. The van der Waals surface area contributed by atoms with E-state index in [-0.39, 0.29) is 11.6 Å². The van der Waals surface area contributed by atoms with Crippen molar-refractivity contribution in [3.8, 4) is 0 Å². The summed E-state index contributed by atoms with van der Waals surface area (Å²) >= 11 is 0. The molecule has 2 aliphatic heterocycles. The normalized spacial score (nSPS) is 38.2. The maximum atomic E-state index is 10.6. The van der Waals surface area contributed by atoms with Crippen molar-refractivity contribution in [1.82, 2.24) is 10.6 Å². The molecule has 4 heteroatoms. The number of rotatable bonds is 0. The highest BCUT2D eigenvalue weighted by molar-refractivity contribution is 5.70. The largest absolute Gasteiger partial charge is 0.447 e. The predicted octanol–water partition coefficient (Wildman–Crippen LogP) is -0.542. The summed E-state index contributed by atoms with van der Waals surface area (Å²) < 4.78 is 4.80. The van der Waals surface area contributed by atoms with Crippen molar-refractivity contribution in [3.63, 3.8) is 0 Å². The molecule has 1 amide bonds. The van der Waals surface area contributed by atoms with Gasteiger partial charge in [-0.25, -0.2) is 4.79 Å². The first-order valence-corrected chi connectivity index (χ1v) is 3.46. The summed E-state index contributed by atoms with van der Waals surface area (Å²) in [7, 11) is 0. The molecule has 0 saturated carbocycles. The Morgan fingerprint density at radius 3 is 3.00 bits per heavy atom. The van der Waals surface area contributed by atoms with E-state index in [1.807, 2.05) is 0 Å². The molecule has 2 rings (SSSR count). The van der Waals surface area contributed by atoms with Crippen LogP contribution in [0, 0.1) is 0 Å². The first-order valence-electron chi connectivity index (χ1n) is 3.46. The fraction of sp³-hybridized carbons (Fsp3) is 0.833. The van der Waals surface area contributed by atoms with Gasteiger partial charge in [0.1, 0.15) is 6.61 Å². The predicted molar refractivity (Wildman–Crippen MR) is 34.7 cm³/mol. The quantitative estimate of drug-likeness (QED) is 0.477. The minimum atomic E-state index is -0.274. The second kappa shape index (κ2) is 1.85. The smallest absolute Gasteiger partial charge is 0.407 e. The minimum Gasteiger partial charge on any atom is -0.447 e. The van der Waals surface area contributed by atoms with Crippen LogP contribution in [-0.2, 0) is 4.74 Å². The Hall–Kier alpha value is -0.770. The Morgan fingerprint density at radius 2 is 2.50 bits per heavy atom. The van der Waals surface area contributed by atoms with Crippen molar-refractivity contribution in [2.24, 2.45) is 0 Å². The van der Waals surface area contributed by atoms with Gasteiger partial charge >= 0.3 is 6.09 Å². The first-order chi connectivity index (χ1) is 4.81. The molecule has 0 aromatic rings. The zero-order valence-electron chi connectivity index (χ0n) is 5.64. The number of amides is 1. The molecule has 1 spiro atoms. The maximum Gasteiger partial charge on any atom is 0.407 e. The van der Waals surface area contributed by atoms with E-state index in [0.717, 1.165) is 19.5 Å². The van der Waals surface area contributed by atoms with Gasteiger partial charge in [0, 0.05) is 6.54 Å². The molecule has 56 valence electrons. The van der Waals surface area contributed by atoms with Gasteiger partial charge in [0.05, 0.1) is 5.54 Å². The SMILES string of the molecule is O=C1N[C@]2(CCNC2)CO1. The van der Waals surface area contributed by atoms with Crippen molar-refractivity contribution in [2.45, 2.75) is 12.0 Å². The molecular formula is C6H10N2O2. The fourth-order valence-corrected chi connectivity index (χ4v) is 1.47. The standard InChI is InChI=1S/C6H10N2O2/c9-5-8-6(4-10-5)1-2-7-3-6/h7H,1-4H2,(H,8,9)/t6-/m0/s1. The lowest BCUT2D eigenvalue weighted by Gasteiger charge is -2.16. The molecule has 0 bridgehead atoms. The van der Waals surface area contributed by atoms with Crippen LogP contribution >= 0.6 is 0 Å². The number of hydrogen-bond donors (Lipinski definition) is 2. The second-order valence-corrected chi connectivity index (χ2v) is 2.91. The highest BCUT2D eigenvalue weighted by Gasteiger charge is 2.41. The van der Waals surface area contributed by atoms with Gasteiger partial charge in [-0.05, 0) is 13.0 Å². The Morgan fingerprint density at radius 1 is 1.60 bits per heavy atom. The molecule has 0 aromatic heterocycles. The molecular weight excluding hydrogens is 132 g/mol. The van der Waals surface area contributed by atoms with Crippen LogP contribution in [0.4, 0.5) is 4.79 Å². The summed E-state index contributed by atoms with van der Waals surface area (Å²) in [5, 5.41) is 5.99. The summed E-state index contributed by atoms with van der Waals surface area (Å²) in [5.74, 6) is 0. The number of cyclic esters (lactones) is 1. The molecule has 2 heterocycles. The van der Waals surface area contributed by atoms with Crippen LogP contribution in [0.2, 0.25) is 0 Å². The summed E-state index contributed by atoms with van der Waals surface area (Å²) in [5.41, 5.74) is -0.0723. The zero-order chi connectivity index (χ0) is 7.03. The molecule has 1 atom stereocenters. The Labute approximate surface area is 58.9 Å². The summed E-state index contributed by atoms with van der Waals surface area (Å²) in [6.07, 6.45) is 0.711. The summed E-state index contributed by atoms with van der Waals surface area (Å²) in [6.45, 7) is 2.35. The number of hydrogen-bond acceptors (Lipinski definition) is 3. The van der Waals surface area contributed by atoms with Gasteiger partial charge in [-0.2, -0.15) is 0 Å². The molecule has 0 radical (unpaired) electrons. The number of carbonyl (C=O) groups excluding carboxylic acids is 1. The van der Waals surface area contributed by atoms with Crippen LogP contribution in [0.3, 0.4) is 0 Å². The third-order valence-corrected chi connectivity index (χ3v) is 2.09. The fourth-order valence-electron chi connectivity index (χ4n) is 1.47. The van der Waals surface area contributed by atoms with Gasteiger partial charge in [0.15, 0.2) is 0 Å². The van der Waals surface area contributed by atoms with Gasteiger partial charge < -0.3 is 15.4 Å². The highest BCUT2D eigenvalue weighted by Crippen LogP contribution is 2.19. The van der Waals surface area contributed by atoms with Crippen molar-refractivity contribution in [3.05, 3.63) is 0 Å². The van der Waals surface area contributed by atoms with E-state index in [0.29, 0.717) is 6.61 Å². The lowest BCUT2D eigenvalue weighted by molar-refractivity contribution is 0.173. The number of carbonyl (C=O) groups is 1. The van der Waals surface area contributed by atoms with Gasteiger partial charge in [-0.1, -0.05) is 0 Å². The van der Waals surface area contributed by atoms with Gasteiger partial charge in [0.25, 0.3) is 0 Å². The maximum absolute atomic E-state index is 10.6. The molecule has 2 saturated heterocycles. The second-order valence-electron chi connectivity index (χ2n) is 2.91. The molecule has 4 nitrogen and oxygen atoms in total. The molecule has 0 aromatic carbocycles. The van der Waals surface area contributed by atoms with Crippen LogP contribution in [0.5, 0.6) is 0 Å². The molecule has 2 N–H and O–H groups in total. The third-order valence-electron chi connectivity index (χ3n) is 2.09. The highest BCUT2D eigenvalue weighted by atomic mass is 16.6. The van der Waals surface area contributed by atoms with Crippen molar-refractivity contribution >= 4 is 6.09 Å². The van der Waals surface area contributed by atoms with E-state index < -0.39 is 0 Å². The molecule has 0 unspecified atom stereocenters. The minimum absolute atomic E-state index is 0.0723. The Kier molecular flexibility index (Phi) is 1.11. The van der Waals surface area contributed by atoms with Crippen LogP contribution in [0.1, 0.15) is 6.42 Å². The van der Waals surface area contributed by atoms with E-state index in [9.17, 15) is 4.79 Å². The van der Waals surface area contributed by atoms with Crippen molar-refractivity contribution in [2.75, 3.05) is 19.7 Å². The number of nitrogens with one attached hydrogen (secondary N) is 2. The van der Waals surface area contributed by atoms with E-state index in [1.165, 1.54) is 0 Å². The third kappa shape index (κ3) is 0.759. The van der Waals surface area contributed by atoms with E-state index in [4.69, 9.17) is 4.74 Å². The first kappa shape index (κ1) is 5.97. The Balaban J connectivity index is 2.09. The average Bonchev–Trinajstić information content (AvgIpc) is 2.46. The van der Waals surface area contributed by atoms with Crippen molar-refractivity contribution in [1.29, 1.82) is 0 Å². The van der Waals surface area contributed by atoms with E-state index in [1.54, 1.807) is 0 Å². The lowest BCUT2D eigenvalue weighted by Crippen LogP contribution is -2.45. The average molecular weight is 142 g/mol. The van der Waals surface area contributed by atoms with Crippen LogP contribution < -0.4 is 10.6 Å². The zero-order valence-corrected chi connectivity index (χ0v) is 5.64. The number of ether oxygens (including phenoxy) is 1. The molecule has 2 fully saturated rings. The monoisotopic (exact) mass is 142 g/mol. The van der Waals surface area contributed by atoms with Crippen LogP contribution in [0.25, 0.3) is 0 Å². The van der Waals surface area contributed by atoms with E-state index in [2.05, 4.69) is 10.6 Å². The topological polar surface area (TPSA) is 50.4 Å². The Bertz CT molecular complexity index is 163. The summed E-state index contributed by atoms with van der Waals surface area (Å²) in [6, 6.07) is 0. The summed E-state index contributed by atoms with van der Waals surface area (Å²) in [4.78, 5) is 10.6. The molecule has 10 heavy (non-hydrogen) atoms.